The lowest BCUT2D eigenvalue weighted by Crippen LogP contribution is -2.36. The van der Waals surface area contributed by atoms with Crippen LogP contribution in [0.5, 0.6) is 0 Å². The third-order valence-electron chi connectivity index (χ3n) is 2.78. The number of rotatable bonds is 4. The highest BCUT2D eigenvalue weighted by atomic mass is 32.2. The summed E-state index contributed by atoms with van der Waals surface area (Å²) in [7, 11) is -2.91. The minimum absolute atomic E-state index is 0.141. The van der Waals surface area contributed by atoms with Crippen LogP contribution in [0.3, 0.4) is 0 Å². The molecular formula is C9H18O4S. The first-order chi connectivity index (χ1) is 6.33. The van der Waals surface area contributed by atoms with Gasteiger partial charge >= 0.3 is 0 Å². The third kappa shape index (κ3) is 3.22. The number of sulfone groups is 1. The highest BCUT2D eigenvalue weighted by molar-refractivity contribution is 7.90. The van der Waals surface area contributed by atoms with Crippen molar-refractivity contribution in [3.63, 3.8) is 0 Å². The predicted molar refractivity (Wildman–Crippen MR) is 53.9 cm³/mol. The zero-order valence-corrected chi connectivity index (χ0v) is 9.51. The van der Waals surface area contributed by atoms with Crippen LogP contribution < -0.4 is 0 Å². The molecule has 1 rings (SSSR count). The molecule has 1 fully saturated rings. The Bertz CT molecular complexity index is 285. The highest BCUT2D eigenvalue weighted by Crippen LogP contribution is 2.30. The lowest BCUT2D eigenvalue weighted by atomic mass is 9.91. The largest absolute Gasteiger partial charge is 0.387 e. The van der Waals surface area contributed by atoms with Gasteiger partial charge in [-0.2, -0.15) is 0 Å². The monoisotopic (exact) mass is 222 g/mol. The molecule has 1 aliphatic rings. The molecule has 1 saturated heterocycles. The third-order valence-corrected chi connectivity index (χ3v) is 3.81. The summed E-state index contributed by atoms with van der Waals surface area (Å²) < 4.78 is 27.0. The molecule has 1 heterocycles. The van der Waals surface area contributed by atoms with Gasteiger partial charge < -0.3 is 9.84 Å². The van der Waals surface area contributed by atoms with E-state index in [2.05, 4.69) is 0 Å². The Balaban J connectivity index is 2.37. The van der Waals surface area contributed by atoms with Gasteiger partial charge in [-0.1, -0.05) is 0 Å². The van der Waals surface area contributed by atoms with Crippen molar-refractivity contribution in [1.29, 1.82) is 0 Å². The second-order valence-corrected chi connectivity index (χ2v) is 6.36. The van der Waals surface area contributed by atoms with Gasteiger partial charge in [-0.15, -0.1) is 0 Å². The Morgan fingerprint density at radius 1 is 1.57 bits per heavy atom. The van der Waals surface area contributed by atoms with Crippen molar-refractivity contribution in [1.82, 2.24) is 0 Å². The molecule has 84 valence electrons. The average Bonchev–Trinajstić information content (AvgIpc) is 2.30. The summed E-state index contributed by atoms with van der Waals surface area (Å²) in [5, 5.41) is 10.0. The van der Waals surface area contributed by atoms with Gasteiger partial charge in [-0.25, -0.2) is 8.42 Å². The maximum atomic E-state index is 10.9. The highest BCUT2D eigenvalue weighted by Gasteiger charge is 2.38. The summed E-state index contributed by atoms with van der Waals surface area (Å²) in [5.74, 6) is 0.141. The van der Waals surface area contributed by atoms with E-state index in [4.69, 9.17) is 4.74 Å². The van der Waals surface area contributed by atoms with Crippen molar-refractivity contribution in [3.05, 3.63) is 0 Å². The zero-order chi connectivity index (χ0) is 10.8. The number of ether oxygens (including phenoxy) is 1. The van der Waals surface area contributed by atoms with Crippen LogP contribution in [-0.2, 0) is 14.6 Å². The summed E-state index contributed by atoms with van der Waals surface area (Å²) in [6.07, 6.45) is 2.65. The van der Waals surface area contributed by atoms with E-state index >= 15 is 0 Å². The van der Waals surface area contributed by atoms with Crippen LogP contribution in [0.1, 0.15) is 26.2 Å². The van der Waals surface area contributed by atoms with Gasteiger partial charge in [-0.3, -0.25) is 0 Å². The standard InChI is InChI=1S/C9H18O4S/c1-8-9(10,5-6-13-8)4-3-7-14(2,11)12/h8,10H,3-7H2,1-2H3. The number of hydrogen-bond donors (Lipinski definition) is 1. The molecule has 0 amide bonds. The summed E-state index contributed by atoms with van der Waals surface area (Å²) >= 11 is 0. The molecule has 2 unspecified atom stereocenters. The zero-order valence-electron chi connectivity index (χ0n) is 8.69. The fourth-order valence-corrected chi connectivity index (χ4v) is 2.41. The van der Waals surface area contributed by atoms with Gasteiger partial charge in [0.15, 0.2) is 0 Å². The molecular weight excluding hydrogens is 204 g/mol. The molecule has 14 heavy (non-hydrogen) atoms. The van der Waals surface area contributed by atoms with Gasteiger partial charge in [0.2, 0.25) is 0 Å². The minimum Gasteiger partial charge on any atom is -0.387 e. The number of hydrogen-bond acceptors (Lipinski definition) is 4. The average molecular weight is 222 g/mol. The van der Waals surface area contributed by atoms with Crippen molar-refractivity contribution in [2.75, 3.05) is 18.6 Å². The topological polar surface area (TPSA) is 63.6 Å². The van der Waals surface area contributed by atoms with Crippen molar-refractivity contribution in [2.45, 2.75) is 37.9 Å². The molecule has 0 aromatic heterocycles. The lowest BCUT2D eigenvalue weighted by Gasteiger charge is -2.25. The minimum atomic E-state index is -2.91. The fraction of sp³-hybridized carbons (Fsp3) is 1.00. The first-order valence-electron chi connectivity index (χ1n) is 4.85. The van der Waals surface area contributed by atoms with Crippen LogP contribution in [0.15, 0.2) is 0 Å². The molecule has 1 aliphatic heterocycles. The van der Waals surface area contributed by atoms with E-state index in [1.165, 1.54) is 6.26 Å². The Kier molecular flexibility index (Phi) is 3.55. The van der Waals surface area contributed by atoms with Gasteiger partial charge in [0.05, 0.1) is 11.7 Å². The van der Waals surface area contributed by atoms with Gasteiger partial charge in [0, 0.05) is 25.0 Å². The van der Waals surface area contributed by atoms with Crippen molar-refractivity contribution in [3.8, 4) is 0 Å². The molecule has 0 spiro atoms. The van der Waals surface area contributed by atoms with Crippen LogP contribution in [0, 0.1) is 0 Å². The Morgan fingerprint density at radius 3 is 2.64 bits per heavy atom. The Labute approximate surface area is 85.2 Å². The summed E-state index contributed by atoms with van der Waals surface area (Å²) in [5.41, 5.74) is -0.815. The van der Waals surface area contributed by atoms with E-state index in [9.17, 15) is 13.5 Å². The summed E-state index contributed by atoms with van der Waals surface area (Å²) in [6, 6.07) is 0. The molecule has 5 heteroatoms. The van der Waals surface area contributed by atoms with Crippen LogP contribution in [0.2, 0.25) is 0 Å². The maximum absolute atomic E-state index is 10.9. The van der Waals surface area contributed by atoms with Crippen molar-refractivity contribution >= 4 is 9.84 Å². The summed E-state index contributed by atoms with van der Waals surface area (Å²) in [6.45, 7) is 2.39. The predicted octanol–water partition coefficient (Wildman–Crippen LogP) is 0.351. The molecule has 0 aromatic carbocycles. The van der Waals surface area contributed by atoms with Crippen molar-refractivity contribution < 1.29 is 18.3 Å². The van der Waals surface area contributed by atoms with E-state index in [-0.39, 0.29) is 11.9 Å². The lowest BCUT2D eigenvalue weighted by molar-refractivity contribution is -0.0332. The van der Waals surface area contributed by atoms with E-state index in [1.807, 2.05) is 6.92 Å². The van der Waals surface area contributed by atoms with Crippen molar-refractivity contribution in [2.24, 2.45) is 0 Å². The second-order valence-electron chi connectivity index (χ2n) is 4.10. The first-order valence-corrected chi connectivity index (χ1v) is 6.91. The van der Waals surface area contributed by atoms with E-state index in [1.54, 1.807) is 0 Å². The number of aliphatic hydroxyl groups is 1. The Morgan fingerprint density at radius 2 is 2.21 bits per heavy atom. The van der Waals surface area contributed by atoms with Gasteiger partial charge in [-0.05, 0) is 19.8 Å². The molecule has 0 aromatic rings. The first kappa shape index (κ1) is 11.9. The van der Waals surface area contributed by atoms with Crippen LogP contribution in [-0.4, -0.2) is 43.8 Å². The molecule has 1 N–H and O–H groups in total. The fourth-order valence-electron chi connectivity index (χ4n) is 1.74. The summed E-state index contributed by atoms with van der Waals surface area (Å²) in [4.78, 5) is 0. The molecule has 0 saturated carbocycles. The molecule has 0 bridgehead atoms. The molecule has 4 nitrogen and oxygen atoms in total. The molecule has 0 radical (unpaired) electrons. The Hall–Kier alpha value is -0.130. The molecule has 2 atom stereocenters. The normalized spacial score (nSPS) is 33.5. The quantitative estimate of drug-likeness (QED) is 0.745. The molecule has 0 aliphatic carbocycles. The van der Waals surface area contributed by atoms with Crippen LogP contribution >= 0.6 is 0 Å². The van der Waals surface area contributed by atoms with Gasteiger partial charge in [0.1, 0.15) is 9.84 Å². The van der Waals surface area contributed by atoms with E-state index in [0.29, 0.717) is 25.9 Å². The maximum Gasteiger partial charge on any atom is 0.147 e. The second kappa shape index (κ2) is 4.16. The smallest absolute Gasteiger partial charge is 0.147 e. The van der Waals surface area contributed by atoms with E-state index in [0.717, 1.165) is 0 Å². The van der Waals surface area contributed by atoms with E-state index < -0.39 is 15.4 Å². The SMILES string of the molecule is CC1OCCC1(O)CCCS(C)(=O)=O. The van der Waals surface area contributed by atoms with Crippen LogP contribution in [0.4, 0.5) is 0 Å². The van der Waals surface area contributed by atoms with Crippen LogP contribution in [0.25, 0.3) is 0 Å². The van der Waals surface area contributed by atoms with Gasteiger partial charge in [0.25, 0.3) is 0 Å².